The van der Waals surface area contributed by atoms with Gasteiger partial charge in [0.1, 0.15) is 0 Å². The van der Waals surface area contributed by atoms with Crippen molar-refractivity contribution in [2.75, 3.05) is 18.8 Å². The Morgan fingerprint density at radius 3 is 2.29 bits per heavy atom. The normalized spacial score (nSPS) is 18.8. The minimum Gasteiger partial charge on any atom is -0.372 e. The summed E-state index contributed by atoms with van der Waals surface area (Å²) in [5, 5.41) is 0.888. The fraction of sp³-hybridized carbons (Fsp3) is 0.360. The van der Waals surface area contributed by atoms with E-state index in [-0.39, 0.29) is 18.1 Å². The summed E-state index contributed by atoms with van der Waals surface area (Å²) in [5.74, 6) is 1.06. The summed E-state index contributed by atoms with van der Waals surface area (Å²) < 4.78 is 5.73. The summed E-state index contributed by atoms with van der Waals surface area (Å²) in [4.78, 5) is 22.9. The molecule has 0 bridgehead atoms. The van der Waals surface area contributed by atoms with Gasteiger partial charge in [-0.1, -0.05) is 72.4 Å². The van der Waals surface area contributed by atoms with E-state index in [1.54, 1.807) is 11.8 Å². The van der Waals surface area contributed by atoms with Crippen LogP contribution in [0, 0.1) is 0 Å². The van der Waals surface area contributed by atoms with E-state index in [4.69, 9.17) is 9.72 Å². The van der Waals surface area contributed by atoms with E-state index < -0.39 is 0 Å². The molecule has 0 spiro atoms. The maximum Gasteiger partial charge on any atom is 0.222 e. The molecule has 0 radical (unpaired) electrons. The van der Waals surface area contributed by atoms with Gasteiger partial charge in [0, 0.05) is 36.4 Å². The molecular formula is C25H29N3O2S. The Kier molecular flexibility index (Phi) is 7.10. The first kappa shape index (κ1) is 21.7. The highest BCUT2D eigenvalue weighted by Gasteiger charge is 2.25. The average Bonchev–Trinajstić information content (AvgIpc) is 3.21. The van der Waals surface area contributed by atoms with E-state index in [1.807, 2.05) is 55.1 Å². The number of nitrogens with zero attached hydrogens (tertiary/aromatic N) is 2. The second-order valence-electron chi connectivity index (χ2n) is 8.01. The maximum atomic E-state index is 12.6. The Bertz CT molecular complexity index is 924. The molecule has 1 aliphatic rings. The highest BCUT2D eigenvalue weighted by atomic mass is 32.2. The molecule has 2 atom stereocenters. The number of aromatic amines is 1. The van der Waals surface area contributed by atoms with Gasteiger partial charge in [-0.25, -0.2) is 4.98 Å². The molecule has 1 N–H and O–H groups in total. The average molecular weight is 436 g/mol. The highest BCUT2D eigenvalue weighted by molar-refractivity contribution is 7.99. The van der Waals surface area contributed by atoms with Crippen LogP contribution >= 0.6 is 11.8 Å². The van der Waals surface area contributed by atoms with Crippen LogP contribution in [0.5, 0.6) is 0 Å². The molecule has 4 rings (SSSR count). The van der Waals surface area contributed by atoms with Gasteiger partial charge >= 0.3 is 0 Å². The first-order valence-corrected chi connectivity index (χ1v) is 11.9. The van der Waals surface area contributed by atoms with Gasteiger partial charge in [0.2, 0.25) is 5.91 Å². The van der Waals surface area contributed by atoms with Crippen LogP contribution in [-0.4, -0.2) is 51.8 Å². The van der Waals surface area contributed by atoms with Crippen molar-refractivity contribution in [2.45, 2.75) is 44.1 Å². The minimum absolute atomic E-state index is 0.109. The SMILES string of the molecule is CC1CN(C(=O)CCCSc2nc(-c3ccccc3)c(-c3ccccc3)[nH]2)CC(C)O1. The number of carbonyl (C=O) groups is 1. The zero-order valence-corrected chi connectivity index (χ0v) is 18.9. The molecule has 1 aliphatic heterocycles. The first-order valence-electron chi connectivity index (χ1n) is 10.9. The van der Waals surface area contributed by atoms with E-state index in [0.717, 1.165) is 39.8 Å². The fourth-order valence-corrected chi connectivity index (χ4v) is 4.78. The molecule has 1 aromatic heterocycles. The van der Waals surface area contributed by atoms with Crippen LogP contribution in [-0.2, 0) is 9.53 Å². The number of rotatable bonds is 7. The van der Waals surface area contributed by atoms with Crippen LogP contribution in [0.1, 0.15) is 26.7 Å². The van der Waals surface area contributed by atoms with Gasteiger partial charge in [0.05, 0.1) is 23.6 Å². The summed E-state index contributed by atoms with van der Waals surface area (Å²) >= 11 is 1.67. The number of nitrogens with one attached hydrogen (secondary N) is 1. The number of hydrogen-bond donors (Lipinski definition) is 1. The Balaban J connectivity index is 1.39. The minimum atomic E-state index is 0.109. The number of thioether (sulfide) groups is 1. The number of aromatic nitrogens is 2. The molecule has 1 fully saturated rings. The molecule has 2 aromatic carbocycles. The molecule has 0 aliphatic carbocycles. The monoisotopic (exact) mass is 435 g/mol. The lowest BCUT2D eigenvalue weighted by molar-refractivity contribution is -0.143. The maximum absolute atomic E-state index is 12.6. The number of amides is 1. The number of morpholine rings is 1. The molecule has 162 valence electrons. The fourth-order valence-electron chi connectivity index (χ4n) is 3.97. The first-order chi connectivity index (χ1) is 15.1. The van der Waals surface area contributed by atoms with Gasteiger partial charge in [-0.05, 0) is 20.3 Å². The molecule has 5 nitrogen and oxygen atoms in total. The third-order valence-corrected chi connectivity index (χ3v) is 6.30. The van der Waals surface area contributed by atoms with Gasteiger partial charge in [0.25, 0.3) is 0 Å². The Morgan fingerprint density at radius 1 is 1.03 bits per heavy atom. The topological polar surface area (TPSA) is 58.2 Å². The molecule has 3 aromatic rings. The lowest BCUT2D eigenvalue weighted by Crippen LogP contribution is -2.48. The number of imidazole rings is 1. The molecule has 1 saturated heterocycles. The summed E-state index contributed by atoms with van der Waals surface area (Å²) in [6, 6.07) is 20.5. The molecule has 6 heteroatoms. The van der Waals surface area contributed by atoms with E-state index in [2.05, 4.69) is 29.2 Å². The van der Waals surface area contributed by atoms with Crippen molar-refractivity contribution >= 4 is 17.7 Å². The molecule has 31 heavy (non-hydrogen) atoms. The van der Waals surface area contributed by atoms with Crippen molar-refractivity contribution in [3.05, 3.63) is 60.7 Å². The lowest BCUT2D eigenvalue weighted by atomic mass is 10.1. The largest absolute Gasteiger partial charge is 0.372 e. The quantitative estimate of drug-likeness (QED) is 0.407. The predicted molar refractivity (Wildman–Crippen MR) is 126 cm³/mol. The van der Waals surface area contributed by atoms with Crippen molar-refractivity contribution in [1.82, 2.24) is 14.9 Å². The number of H-pyrrole nitrogens is 1. The zero-order valence-electron chi connectivity index (χ0n) is 18.1. The zero-order chi connectivity index (χ0) is 21.6. The number of hydrogen-bond acceptors (Lipinski definition) is 4. The van der Waals surface area contributed by atoms with Crippen molar-refractivity contribution in [3.63, 3.8) is 0 Å². The Labute approximate surface area is 188 Å². The van der Waals surface area contributed by atoms with Crippen LogP contribution in [0.15, 0.2) is 65.8 Å². The number of carbonyl (C=O) groups excluding carboxylic acids is 1. The summed E-state index contributed by atoms with van der Waals surface area (Å²) in [6.07, 6.45) is 1.60. The van der Waals surface area contributed by atoms with Crippen molar-refractivity contribution in [1.29, 1.82) is 0 Å². The van der Waals surface area contributed by atoms with E-state index in [1.165, 1.54) is 0 Å². The molecule has 2 unspecified atom stereocenters. The summed E-state index contributed by atoms with van der Waals surface area (Å²) in [7, 11) is 0. The van der Waals surface area contributed by atoms with Crippen LogP contribution in [0.3, 0.4) is 0 Å². The van der Waals surface area contributed by atoms with Gasteiger partial charge in [-0.15, -0.1) is 0 Å². The van der Waals surface area contributed by atoms with E-state index >= 15 is 0 Å². The van der Waals surface area contributed by atoms with Gasteiger partial charge in [-0.2, -0.15) is 0 Å². The Hall–Kier alpha value is -2.57. The third-order valence-electron chi connectivity index (χ3n) is 5.34. The third kappa shape index (κ3) is 5.57. The van der Waals surface area contributed by atoms with Crippen LogP contribution in [0.4, 0.5) is 0 Å². The second-order valence-corrected chi connectivity index (χ2v) is 9.09. The number of benzene rings is 2. The molecular weight excluding hydrogens is 406 g/mol. The van der Waals surface area contributed by atoms with Crippen molar-refractivity contribution < 1.29 is 9.53 Å². The van der Waals surface area contributed by atoms with Crippen molar-refractivity contribution in [3.8, 4) is 22.5 Å². The van der Waals surface area contributed by atoms with Crippen LogP contribution in [0.2, 0.25) is 0 Å². The Morgan fingerprint density at radius 2 is 1.65 bits per heavy atom. The van der Waals surface area contributed by atoms with Gasteiger partial charge in [-0.3, -0.25) is 4.79 Å². The van der Waals surface area contributed by atoms with Gasteiger partial charge in [0.15, 0.2) is 5.16 Å². The summed E-state index contributed by atoms with van der Waals surface area (Å²) in [6.45, 7) is 5.43. The van der Waals surface area contributed by atoms with E-state index in [9.17, 15) is 4.79 Å². The standard InChI is InChI=1S/C25H29N3O2S/c1-18-16-28(17-19(2)30-18)22(29)14-9-15-31-25-26-23(20-10-5-3-6-11-20)24(27-25)21-12-7-4-8-13-21/h3-8,10-13,18-19H,9,14-17H2,1-2H3,(H,26,27). The van der Waals surface area contributed by atoms with Crippen LogP contribution < -0.4 is 0 Å². The highest BCUT2D eigenvalue weighted by Crippen LogP contribution is 2.32. The molecule has 0 saturated carbocycles. The second kappa shape index (κ2) is 10.2. The lowest BCUT2D eigenvalue weighted by Gasteiger charge is -2.35. The molecule has 1 amide bonds. The van der Waals surface area contributed by atoms with E-state index in [0.29, 0.717) is 19.5 Å². The summed E-state index contributed by atoms with van der Waals surface area (Å²) in [5.41, 5.74) is 4.20. The smallest absolute Gasteiger partial charge is 0.222 e. The van der Waals surface area contributed by atoms with Gasteiger partial charge < -0.3 is 14.6 Å². The number of ether oxygens (including phenoxy) is 1. The predicted octanol–water partition coefficient (Wildman–Crippen LogP) is 5.25. The molecule has 2 heterocycles. The van der Waals surface area contributed by atoms with Crippen molar-refractivity contribution in [2.24, 2.45) is 0 Å². The van der Waals surface area contributed by atoms with Crippen LogP contribution in [0.25, 0.3) is 22.5 Å².